The van der Waals surface area contributed by atoms with Gasteiger partial charge in [-0.2, -0.15) is 0 Å². The standard InChI is InChI=1S/C44H73NO3/c1-3-5-7-9-11-13-15-17-19-20-21-22-23-24-26-28-30-32-34-36-38-40-44(48)45-42(41-46)43(47)39-37-35-33-31-29-27-25-18-16-14-12-10-8-6-4-2/h5,7,11,13,16-19,21-22,24,26,29,31,37,39,42-43,46-47H,3-4,6,8-10,12,14-15,20,23,25,27-28,30,32-36,38,40-41H2,1-2H3,(H,45,48)/b7-5-,13-11-,18-16+,19-17-,22-21-,26-24-,31-29+,39-37+. The molecular formula is C44H73NO3. The van der Waals surface area contributed by atoms with Crippen LogP contribution in [-0.4, -0.2) is 34.9 Å². The molecule has 0 aliphatic carbocycles. The van der Waals surface area contributed by atoms with Gasteiger partial charge in [0.2, 0.25) is 5.91 Å². The highest BCUT2D eigenvalue weighted by atomic mass is 16.3. The van der Waals surface area contributed by atoms with Crippen LogP contribution in [0.3, 0.4) is 0 Å². The highest BCUT2D eigenvalue weighted by Crippen LogP contribution is 2.09. The molecule has 4 nitrogen and oxygen atoms in total. The minimum atomic E-state index is -0.883. The second-order valence-corrected chi connectivity index (χ2v) is 12.6. The van der Waals surface area contributed by atoms with E-state index in [0.29, 0.717) is 6.42 Å². The van der Waals surface area contributed by atoms with E-state index in [-0.39, 0.29) is 12.5 Å². The Morgan fingerprint density at radius 1 is 0.521 bits per heavy atom. The molecule has 0 radical (unpaired) electrons. The fraction of sp³-hybridized carbons (Fsp3) is 0.614. The van der Waals surface area contributed by atoms with Crippen LogP contribution in [0.2, 0.25) is 0 Å². The predicted octanol–water partition coefficient (Wildman–Crippen LogP) is 11.9. The average molecular weight is 664 g/mol. The SMILES string of the molecule is CC/C=C\C/C=C\C/C=C\C/C=C\C/C=C\CCCCCCCC(=O)NC(CO)C(O)/C=C/CC/C=C/CC/C=C/CCCCCCC. The van der Waals surface area contributed by atoms with E-state index in [9.17, 15) is 15.0 Å². The van der Waals surface area contributed by atoms with E-state index in [4.69, 9.17) is 0 Å². The molecule has 0 bridgehead atoms. The smallest absolute Gasteiger partial charge is 0.220 e. The van der Waals surface area contributed by atoms with Gasteiger partial charge in [0.25, 0.3) is 0 Å². The fourth-order valence-corrected chi connectivity index (χ4v) is 5.06. The first-order chi connectivity index (χ1) is 23.7. The van der Waals surface area contributed by atoms with E-state index in [1.807, 2.05) is 6.08 Å². The summed E-state index contributed by atoms with van der Waals surface area (Å²) in [6.07, 6.45) is 57.8. The Bertz CT molecular complexity index is 937. The maximum atomic E-state index is 12.3. The highest BCUT2D eigenvalue weighted by Gasteiger charge is 2.17. The van der Waals surface area contributed by atoms with Crippen molar-refractivity contribution >= 4 is 5.91 Å². The van der Waals surface area contributed by atoms with Gasteiger partial charge in [-0.25, -0.2) is 0 Å². The van der Waals surface area contributed by atoms with Crippen LogP contribution < -0.4 is 5.32 Å². The number of amides is 1. The normalized spacial score (nSPS) is 14.2. The van der Waals surface area contributed by atoms with Crippen LogP contribution in [0.5, 0.6) is 0 Å². The second-order valence-electron chi connectivity index (χ2n) is 12.6. The summed E-state index contributed by atoms with van der Waals surface area (Å²) in [5, 5.41) is 22.9. The molecule has 0 aromatic heterocycles. The van der Waals surface area contributed by atoms with Crippen LogP contribution in [-0.2, 0) is 4.79 Å². The molecule has 0 rings (SSSR count). The van der Waals surface area contributed by atoms with Gasteiger partial charge in [-0.05, 0) is 89.9 Å². The molecule has 3 N–H and O–H groups in total. The second kappa shape index (κ2) is 38.8. The van der Waals surface area contributed by atoms with Crippen LogP contribution in [0.4, 0.5) is 0 Å². The highest BCUT2D eigenvalue weighted by molar-refractivity contribution is 5.76. The summed E-state index contributed by atoms with van der Waals surface area (Å²) in [4.78, 5) is 12.3. The number of hydrogen-bond acceptors (Lipinski definition) is 3. The van der Waals surface area contributed by atoms with E-state index in [1.165, 1.54) is 51.4 Å². The zero-order chi connectivity index (χ0) is 35.0. The molecule has 0 heterocycles. The maximum Gasteiger partial charge on any atom is 0.220 e. The number of hydrogen-bond donors (Lipinski definition) is 3. The average Bonchev–Trinajstić information content (AvgIpc) is 3.09. The van der Waals surface area contributed by atoms with Crippen molar-refractivity contribution in [1.29, 1.82) is 0 Å². The van der Waals surface area contributed by atoms with Gasteiger partial charge < -0.3 is 15.5 Å². The quantitative estimate of drug-likeness (QED) is 0.0483. The Morgan fingerprint density at radius 3 is 1.46 bits per heavy atom. The van der Waals surface area contributed by atoms with Gasteiger partial charge in [0.05, 0.1) is 18.8 Å². The monoisotopic (exact) mass is 664 g/mol. The molecule has 272 valence electrons. The topological polar surface area (TPSA) is 69.6 Å². The predicted molar refractivity (Wildman–Crippen MR) is 211 cm³/mol. The molecule has 0 aromatic rings. The summed E-state index contributed by atoms with van der Waals surface area (Å²) in [6, 6.07) is -0.661. The van der Waals surface area contributed by atoms with Crippen molar-refractivity contribution in [3.63, 3.8) is 0 Å². The van der Waals surface area contributed by atoms with E-state index >= 15 is 0 Å². The number of unbranched alkanes of at least 4 members (excludes halogenated alkanes) is 12. The largest absolute Gasteiger partial charge is 0.394 e. The molecule has 0 spiro atoms. The first-order valence-electron chi connectivity index (χ1n) is 19.5. The van der Waals surface area contributed by atoms with Crippen molar-refractivity contribution in [2.24, 2.45) is 0 Å². The number of allylic oxidation sites excluding steroid dienone is 15. The number of nitrogens with one attached hydrogen (secondary N) is 1. The maximum absolute atomic E-state index is 12.3. The van der Waals surface area contributed by atoms with Gasteiger partial charge in [-0.15, -0.1) is 0 Å². The lowest BCUT2D eigenvalue weighted by Gasteiger charge is -2.19. The van der Waals surface area contributed by atoms with Crippen molar-refractivity contribution in [3.05, 3.63) is 97.2 Å². The Hall–Kier alpha value is -2.69. The van der Waals surface area contributed by atoms with Crippen LogP contribution in [0, 0.1) is 0 Å². The molecule has 0 aliphatic heterocycles. The van der Waals surface area contributed by atoms with Crippen LogP contribution in [0.1, 0.15) is 155 Å². The summed E-state index contributed by atoms with van der Waals surface area (Å²) in [5.41, 5.74) is 0. The van der Waals surface area contributed by atoms with Gasteiger partial charge in [0.15, 0.2) is 0 Å². The lowest BCUT2D eigenvalue weighted by Crippen LogP contribution is -2.45. The molecule has 0 saturated carbocycles. The van der Waals surface area contributed by atoms with Gasteiger partial charge in [-0.3, -0.25) is 4.79 Å². The molecule has 0 aliphatic rings. The third-order valence-electron chi connectivity index (χ3n) is 8.03. The van der Waals surface area contributed by atoms with E-state index < -0.39 is 12.1 Å². The first kappa shape index (κ1) is 45.3. The summed E-state index contributed by atoms with van der Waals surface area (Å²) >= 11 is 0. The molecule has 4 heteroatoms. The first-order valence-corrected chi connectivity index (χ1v) is 19.5. The van der Waals surface area contributed by atoms with Crippen molar-refractivity contribution in [1.82, 2.24) is 5.32 Å². The zero-order valence-electron chi connectivity index (χ0n) is 31.0. The van der Waals surface area contributed by atoms with E-state index in [1.54, 1.807) is 6.08 Å². The van der Waals surface area contributed by atoms with Gasteiger partial charge in [-0.1, -0.05) is 156 Å². The van der Waals surface area contributed by atoms with Gasteiger partial charge in [0.1, 0.15) is 0 Å². The Morgan fingerprint density at radius 2 is 0.938 bits per heavy atom. The van der Waals surface area contributed by atoms with Gasteiger partial charge in [0, 0.05) is 6.42 Å². The number of rotatable bonds is 33. The minimum Gasteiger partial charge on any atom is -0.394 e. The molecule has 0 aromatic carbocycles. The van der Waals surface area contributed by atoms with Crippen molar-refractivity contribution < 1.29 is 15.0 Å². The molecule has 48 heavy (non-hydrogen) atoms. The molecule has 2 atom stereocenters. The van der Waals surface area contributed by atoms with Gasteiger partial charge >= 0.3 is 0 Å². The summed E-state index contributed by atoms with van der Waals surface area (Å²) in [5.74, 6) is -0.103. The number of carbonyl (C=O) groups is 1. The zero-order valence-corrected chi connectivity index (χ0v) is 31.0. The summed E-state index contributed by atoms with van der Waals surface area (Å²) in [6.45, 7) is 4.13. The van der Waals surface area contributed by atoms with Crippen molar-refractivity contribution in [2.75, 3.05) is 6.61 Å². The molecule has 0 saturated heterocycles. The van der Waals surface area contributed by atoms with Crippen LogP contribution >= 0.6 is 0 Å². The minimum absolute atomic E-state index is 0.103. The van der Waals surface area contributed by atoms with Crippen molar-refractivity contribution in [3.8, 4) is 0 Å². The Labute approximate surface area is 296 Å². The van der Waals surface area contributed by atoms with Crippen molar-refractivity contribution in [2.45, 2.75) is 167 Å². The van der Waals surface area contributed by atoms with Crippen LogP contribution in [0.25, 0.3) is 0 Å². The lowest BCUT2D eigenvalue weighted by molar-refractivity contribution is -0.123. The third-order valence-corrected chi connectivity index (χ3v) is 8.03. The third kappa shape index (κ3) is 34.6. The Balaban J connectivity index is 3.78. The molecule has 0 fully saturated rings. The van der Waals surface area contributed by atoms with Crippen LogP contribution in [0.15, 0.2) is 97.2 Å². The number of aliphatic hydroxyl groups excluding tert-OH is 2. The summed E-state index contributed by atoms with van der Waals surface area (Å²) in [7, 11) is 0. The molecule has 1 amide bonds. The Kier molecular flexibility index (Phi) is 36.6. The summed E-state index contributed by atoms with van der Waals surface area (Å²) < 4.78 is 0. The lowest BCUT2D eigenvalue weighted by atomic mass is 10.1. The fourth-order valence-electron chi connectivity index (χ4n) is 5.06. The number of carbonyl (C=O) groups excluding carboxylic acids is 1. The van der Waals surface area contributed by atoms with E-state index in [2.05, 4.69) is 104 Å². The molecular weight excluding hydrogens is 590 g/mol. The van der Waals surface area contributed by atoms with E-state index in [0.717, 1.165) is 83.5 Å². The number of aliphatic hydroxyl groups is 2. The molecule has 2 unspecified atom stereocenters.